The van der Waals surface area contributed by atoms with E-state index in [-0.39, 0.29) is 5.91 Å². The van der Waals surface area contributed by atoms with Crippen molar-refractivity contribution in [2.24, 2.45) is 0 Å². The minimum atomic E-state index is 0.124. The molecule has 8 nitrogen and oxygen atoms in total. The molecule has 4 heterocycles. The Morgan fingerprint density at radius 1 is 0.939 bits per heavy atom. The Hall–Kier alpha value is -2.91. The van der Waals surface area contributed by atoms with Gasteiger partial charge in [-0.3, -0.25) is 4.79 Å². The van der Waals surface area contributed by atoms with Gasteiger partial charge in [-0.05, 0) is 43.8 Å². The van der Waals surface area contributed by atoms with E-state index in [2.05, 4.69) is 43.8 Å². The van der Waals surface area contributed by atoms with Gasteiger partial charge in [-0.2, -0.15) is 0 Å². The molecule has 33 heavy (non-hydrogen) atoms. The molecule has 0 bridgehead atoms. The van der Waals surface area contributed by atoms with Crippen LogP contribution in [0.4, 0.5) is 11.5 Å². The number of aryl methyl sites for hydroxylation is 1. The van der Waals surface area contributed by atoms with Crippen LogP contribution in [-0.4, -0.2) is 92.2 Å². The molecular weight excluding hydrogens is 436 g/mol. The smallest absolute Gasteiger partial charge is 0.264 e. The Morgan fingerprint density at radius 3 is 2.27 bits per heavy atom. The number of anilines is 2. The third-order valence-electron chi connectivity index (χ3n) is 6.71. The number of rotatable bonds is 4. The average molecular weight is 467 g/mol. The molecule has 3 aromatic rings. The first-order chi connectivity index (χ1) is 16.0. The second-order valence-electron chi connectivity index (χ2n) is 8.70. The highest BCUT2D eigenvalue weighted by Crippen LogP contribution is 2.36. The molecule has 5 rings (SSSR count). The normalized spacial score (nSPS) is 17.6. The molecule has 0 radical (unpaired) electrons. The molecule has 2 aromatic heterocycles. The third-order valence-corrected chi connectivity index (χ3v) is 7.90. The number of benzene rings is 1. The maximum absolute atomic E-state index is 13.3. The Kier molecular flexibility index (Phi) is 6.07. The third kappa shape index (κ3) is 4.22. The van der Waals surface area contributed by atoms with Crippen molar-refractivity contribution in [3.63, 3.8) is 0 Å². The van der Waals surface area contributed by atoms with Crippen molar-refractivity contribution < 1.29 is 9.53 Å². The van der Waals surface area contributed by atoms with Crippen molar-refractivity contribution in [2.45, 2.75) is 6.92 Å². The van der Waals surface area contributed by atoms with E-state index in [1.807, 2.05) is 24.0 Å². The number of piperazine rings is 2. The van der Waals surface area contributed by atoms with Crippen molar-refractivity contribution in [2.75, 3.05) is 76.3 Å². The van der Waals surface area contributed by atoms with Crippen molar-refractivity contribution in [3.8, 4) is 5.75 Å². The zero-order valence-corrected chi connectivity index (χ0v) is 20.3. The number of fused-ring (bicyclic) bond motifs is 1. The average Bonchev–Trinajstić information content (AvgIpc) is 3.21. The largest absolute Gasteiger partial charge is 0.497 e. The lowest BCUT2D eigenvalue weighted by molar-refractivity contribution is 0.0668. The maximum Gasteiger partial charge on any atom is 0.264 e. The van der Waals surface area contributed by atoms with Gasteiger partial charge < -0.3 is 24.3 Å². The highest BCUT2D eigenvalue weighted by molar-refractivity contribution is 7.20. The number of nitrogens with zero attached hydrogens (tertiary/aromatic N) is 6. The van der Waals surface area contributed by atoms with Crippen LogP contribution in [0.2, 0.25) is 0 Å². The van der Waals surface area contributed by atoms with Gasteiger partial charge in [0, 0.05) is 58.0 Å². The van der Waals surface area contributed by atoms with Gasteiger partial charge in [0.1, 0.15) is 22.7 Å². The van der Waals surface area contributed by atoms with Gasteiger partial charge in [-0.25, -0.2) is 9.97 Å². The summed E-state index contributed by atoms with van der Waals surface area (Å²) in [6, 6.07) is 8.22. The molecule has 2 saturated heterocycles. The predicted octanol–water partition coefficient (Wildman–Crippen LogP) is 2.72. The molecule has 2 aliphatic heterocycles. The molecular formula is C24H30N6O2S. The summed E-state index contributed by atoms with van der Waals surface area (Å²) in [6.07, 6.45) is 1.63. The molecule has 0 atom stereocenters. The number of amides is 1. The van der Waals surface area contributed by atoms with Crippen LogP contribution >= 0.6 is 11.3 Å². The summed E-state index contributed by atoms with van der Waals surface area (Å²) in [5.74, 6) is 1.94. The van der Waals surface area contributed by atoms with E-state index in [4.69, 9.17) is 4.74 Å². The second kappa shape index (κ2) is 9.15. The second-order valence-corrected chi connectivity index (χ2v) is 9.70. The van der Waals surface area contributed by atoms with E-state index in [1.165, 1.54) is 17.0 Å². The molecule has 9 heteroatoms. The fourth-order valence-corrected chi connectivity index (χ4v) is 5.73. The SMILES string of the molecule is COc1ccc(N2CCN(c3ncnc4sc(C(=O)N5CCN(C)CC5)c(C)c34)CC2)cc1. The van der Waals surface area contributed by atoms with E-state index < -0.39 is 0 Å². The van der Waals surface area contributed by atoms with Crippen molar-refractivity contribution in [1.29, 1.82) is 0 Å². The van der Waals surface area contributed by atoms with Gasteiger partial charge in [-0.1, -0.05) is 0 Å². The molecule has 0 aliphatic carbocycles. The van der Waals surface area contributed by atoms with Crippen LogP contribution in [0.3, 0.4) is 0 Å². The maximum atomic E-state index is 13.3. The van der Waals surface area contributed by atoms with Crippen molar-refractivity contribution in [3.05, 3.63) is 41.0 Å². The Labute approximate surface area is 198 Å². The standard InChI is InChI=1S/C24H30N6O2S/c1-17-20-22(29-14-12-28(13-15-29)18-4-6-19(32-3)7-5-18)25-16-26-23(20)33-21(17)24(31)30-10-8-27(2)9-11-30/h4-7,16H,8-15H2,1-3H3. The van der Waals surface area contributed by atoms with Gasteiger partial charge in [0.2, 0.25) is 0 Å². The van der Waals surface area contributed by atoms with Gasteiger partial charge >= 0.3 is 0 Å². The number of likely N-dealkylation sites (N-methyl/N-ethyl adjacent to an activating group) is 1. The minimum Gasteiger partial charge on any atom is -0.497 e. The van der Waals surface area contributed by atoms with Crippen LogP contribution in [0.5, 0.6) is 5.75 Å². The highest BCUT2D eigenvalue weighted by Gasteiger charge is 2.28. The van der Waals surface area contributed by atoms with E-state index in [9.17, 15) is 4.79 Å². The molecule has 0 spiro atoms. The fraction of sp³-hybridized carbons (Fsp3) is 0.458. The van der Waals surface area contributed by atoms with Crippen LogP contribution in [0.15, 0.2) is 30.6 Å². The lowest BCUT2D eigenvalue weighted by Gasteiger charge is -2.37. The quantitative estimate of drug-likeness (QED) is 0.586. The first-order valence-electron chi connectivity index (χ1n) is 11.4. The molecule has 2 fully saturated rings. The number of aromatic nitrogens is 2. The molecule has 2 aliphatic rings. The van der Waals surface area contributed by atoms with Gasteiger partial charge in [0.05, 0.1) is 17.4 Å². The minimum absolute atomic E-state index is 0.124. The first kappa shape index (κ1) is 21.9. The van der Waals surface area contributed by atoms with Crippen LogP contribution in [0.1, 0.15) is 15.2 Å². The van der Waals surface area contributed by atoms with Crippen molar-refractivity contribution in [1.82, 2.24) is 19.8 Å². The molecule has 0 saturated carbocycles. The number of carbonyl (C=O) groups excluding carboxylic acids is 1. The van der Waals surface area contributed by atoms with Crippen molar-refractivity contribution >= 4 is 39.0 Å². The van der Waals surface area contributed by atoms with E-state index in [0.717, 1.165) is 84.6 Å². The topological polar surface area (TPSA) is 65.0 Å². The molecule has 174 valence electrons. The molecule has 1 aromatic carbocycles. The zero-order valence-electron chi connectivity index (χ0n) is 19.5. The Morgan fingerprint density at radius 2 is 1.61 bits per heavy atom. The highest BCUT2D eigenvalue weighted by atomic mass is 32.1. The number of ether oxygens (including phenoxy) is 1. The van der Waals surface area contributed by atoms with Gasteiger partial charge in [-0.15, -0.1) is 11.3 Å². The molecule has 0 unspecified atom stereocenters. The van der Waals surface area contributed by atoms with Gasteiger partial charge in [0.15, 0.2) is 0 Å². The van der Waals surface area contributed by atoms with Crippen LogP contribution in [0.25, 0.3) is 10.2 Å². The summed E-state index contributed by atoms with van der Waals surface area (Å²) < 4.78 is 5.28. The number of methoxy groups -OCH3 is 1. The summed E-state index contributed by atoms with van der Waals surface area (Å²) in [4.78, 5) is 33.1. The number of carbonyl (C=O) groups is 1. The fourth-order valence-electron chi connectivity index (χ4n) is 4.62. The first-order valence-corrected chi connectivity index (χ1v) is 12.2. The van der Waals surface area contributed by atoms with Crippen LogP contribution < -0.4 is 14.5 Å². The van der Waals surface area contributed by atoms with E-state index >= 15 is 0 Å². The number of hydrogen-bond donors (Lipinski definition) is 0. The summed E-state index contributed by atoms with van der Waals surface area (Å²) in [5.41, 5.74) is 2.21. The summed E-state index contributed by atoms with van der Waals surface area (Å²) in [6.45, 7) is 8.98. The summed E-state index contributed by atoms with van der Waals surface area (Å²) in [7, 11) is 3.79. The lowest BCUT2D eigenvalue weighted by Crippen LogP contribution is -2.47. The van der Waals surface area contributed by atoms with E-state index in [0.29, 0.717) is 0 Å². The molecule has 1 amide bonds. The summed E-state index contributed by atoms with van der Waals surface area (Å²) >= 11 is 1.50. The monoisotopic (exact) mass is 466 g/mol. The molecule has 0 N–H and O–H groups in total. The van der Waals surface area contributed by atoms with Crippen LogP contribution in [0, 0.1) is 6.92 Å². The summed E-state index contributed by atoms with van der Waals surface area (Å²) in [5, 5.41) is 1.03. The Balaban J connectivity index is 1.35. The predicted molar refractivity (Wildman–Crippen MR) is 133 cm³/mol. The zero-order chi connectivity index (χ0) is 22.9. The number of thiophene rings is 1. The number of hydrogen-bond acceptors (Lipinski definition) is 8. The van der Waals surface area contributed by atoms with Gasteiger partial charge in [0.25, 0.3) is 5.91 Å². The Bertz CT molecular complexity index is 1130. The lowest BCUT2D eigenvalue weighted by atomic mass is 10.1. The van der Waals surface area contributed by atoms with E-state index in [1.54, 1.807) is 13.4 Å². The van der Waals surface area contributed by atoms with Crippen LogP contribution in [-0.2, 0) is 0 Å².